The molecule has 0 radical (unpaired) electrons. The summed E-state index contributed by atoms with van der Waals surface area (Å²) in [5, 5.41) is 11.1. The lowest BCUT2D eigenvalue weighted by molar-refractivity contribution is 0.0699. The fourth-order valence-corrected chi connectivity index (χ4v) is 3.51. The molecule has 1 atom stereocenters. The minimum absolute atomic E-state index is 0.493. The van der Waals surface area contributed by atoms with Crippen molar-refractivity contribution in [3.63, 3.8) is 0 Å². The van der Waals surface area contributed by atoms with Crippen LogP contribution in [0.4, 0.5) is 0 Å². The molecule has 1 unspecified atom stereocenters. The van der Waals surface area contributed by atoms with Gasteiger partial charge in [-0.3, -0.25) is 4.90 Å². The van der Waals surface area contributed by atoms with Gasteiger partial charge in [-0.25, -0.2) is 4.79 Å². The van der Waals surface area contributed by atoms with Gasteiger partial charge in [-0.15, -0.1) is 11.3 Å². The van der Waals surface area contributed by atoms with Gasteiger partial charge in [0.2, 0.25) is 0 Å². The summed E-state index contributed by atoms with van der Waals surface area (Å²) in [5.41, 5.74) is 0.959. The van der Waals surface area contributed by atoms with Gasteiger partial charge in [0.05, 0.1) is 0 Å². The number of aromatic carboxylic acids is 1. The summed E-state index contributed by atoms with van der Waals surface area (Å²) in [4.78, 5) is 16.5. The highest BCUT2D eigenvalue weighted by Crippen LogP contribution is 2.22. The maximum Gasteiger partial charge on any atom is 0.346 e. The van der Waals surface area contributed by atoms with Gasteiger partial charge in [0.1, 0.15) is 4.88 Å². The molecule has 0 aromatic carbocycles. The molecule has 2 rings (SSSR count). The van der Waals surface area contributed by atoms with Gasteiger partial charge in [0.15, 0.2) is 0 Å². The van der Waals surface area contributed by atoms with Crippen LogP contribution in [-0.2, 0) is 6.54 Å². The second-order valence-electron chi connectivity index (χ2n) is 5.23. The molecule has 19 heavy (non-hydrogen) atoms. The fraction of sp³-hybridized carbons (Fsp3) is 0.643. The van der Waals surface area contributed by atoms with E-state index >= 15 is 0 Å². The average Bonchev–Trinajstić information content (AvgIpc) is 2.75. The highest BCUT2D eigenvalue weighted by molar-refractivity contribution is 7.12. The molecule has 1 N–H and O–H groups in total. The van der Waals surface area contributed by atoms with Crippen LogP contribution >= 0.6 is 11.3 Å². The maximum atomic E-state index is 11.2. The van der Waals surface area contributed by atoms with Gasteiger partial charge in [-0.05, 0) is 43.4 Å². The molecular formula is C14H22N2O2S. The van der Waals surface area contributed by atoms with Crippen molar-refractivity contribution >= 4 is 17.3 Å². The van der Waals surface area contributed by atoms with Crippen molar-refractivity contribution in [2.24, 2.45) is 0 Å². The smallest absolute Gasteiger partial charge is 0.346 e. The molecule has 0 aliphatic carbocycles. The number of carboxylic acids is 1. The lowest BCUT2D eigenvalue weighted by Crippen LogP contribution is -2.39. The first-order chi connectivity index (χ1) is 9.11. The third kappa shape index (κ3) is 3.55. The first-order valence-electron chi connectivity index (χ1n) is 6.84. The zero-order chi connectivity index (χ0) is 13.8. The highest BCUT2D eigenvalue weighted by Gasteiger charge is 2.23. The van der Waals surface area contributed by atoms with Crippen LogP contribution in [0.2, 0.25) is 0 Å². The second-order valence-corrected chi connectivity index (χ2v) is 6.14. The SMILES string of the molecule is CCC1CN(C)CCCN1Cc1ccsc1C(=O)O. The van der Waals surface area contributed by atoms with E-state index in [2.05, 4.69) is 23.8 Å². The van der Waals surface area contributed by atoms with Crippen molar-refractivity contribution in [1.82, 2.24) is 9.80 Å². The molecule has 106 valence electrons. The van der Waals surface area contributed by atoms with E-state index in [9.17, 15) is 9.90 Å². The zero-order valence-electron chi connectivity index (χ0n) is 11.6. The molecule has 5 heteroatoms. The largest absolute Gasteiger partial charge is 0.477 e. The molecule has 0 amide bonds. The van der Waals surface area contributed by atoms with E-state index < -0.39 is 5.97 Å². The number of hydrogen-bond donors (Lipinski definition) is 1. The Morgan fingerprint density at radius 1 is 1.53 bits per heavy atom. The van der Waals surface area contributed by atoms with E-state index in [0.29, 0.717) is 10.9 Å². The van der Waals surface area contributed by atoms with Crippen molar-refractivity contribution in [2.45, 2.75) is 32.4 Å². The number of hydrogen-bond acceptors (Lipinski definition) is 4. The summed E-state index contributed by atoms with van der Waals surface area (Å²) in [5.74, 6) is -0.801. The lowest BCUT2D eigenvalue weighted by Gasteiger charge is -2.30. The van der Waals surface area contributed by atoms with Crippen molar-refractivity contribution in [1.29, 1.82) is 0 Å². The van der Waals surface area contributed by atoms with Crippen molar-refractivity contribution in [3.05, 3.63) is 21.9 Å². The van der Waals surface area contributed by atoms with Gasteiger partial charge >= 0.3 is 5.97 Å². The molecule has 4 nitrogen and oxygen atoms in total. The Labute approximate surface area is 118 Å². The second kappa shape index (κ2) is 6.50. The Bertz CT molecular complexity index is 433. The Morgan fingerprint density at radius 3 is 3.00 bits per heavy atom. The van der Waals surface area contributed by atoms with Crippen LogP contribution in [0.1, 0.15) is 35.0 Å². The molecule has 0 saturated carbocycles. The molecule has 0 bridgehead atoms. The summed E-state index contributed by atoms with van der Waals surface area (Å²) in [7, 11) is 2.17. The first-order valence-corrected chi connectivity index (χ1v) is 7.72. The van der Waals surface area contributed by atoms with Crippen LogP contribution < -0.4 is 0 Å². The van der Waals surface area contributed by atoms with E-state index in [4.69, 9.17) is 0 Å². The Kier molecular flexibility index (Phi) is 4.96. The first kappa shape index (κ1) is 14.5. The van der Waals surface area contributed by atoms with Gasteiger partial charge in [-0.2, -0.15) is 0 Å². The molecule has 1 aliphatic heterocycles. The van der Waals surface area contributed by atoms with Gasteiger partial charge < -0.3 is 10.0 Å². The Hall–Kier alpha value is -0.910. The Balaban J connectivity index is 2.11. The molecule has 1 fully saturated rings. The van der Waals surface area contributed by atoms with Crippen LogP contribution in [0, 0.1) is 0 Å². The topological polar surface area (TPSA) is 43.8 Å². The number of likely N-dealkylation sites (N-methyl/N-ethyl adjacent to an activating group) is 1. The fourth-order valence-electron chi connectivity index (χ4n) is 2.75. The van der Waals surface area contributed by atoms with Crippen molar-refractivity contribution < 1.29 is 9.90 Å². The quantitative estimate of drug-likeness (QED) is 0.921. The minimum atomic E-state index is -0.801. The number of carbonyl (C=O) groups is 1. The molecular weight excluding hydrogens is 260 g/mol. The normalized spacial score (nSPS) is 22.3. The van der Waals surface area contributed by atoms with Gasteiger partial charge in [0.25, 0.3) is 0 Å². The predicted octanol–water partition coefficient (Wildman–Crippen LogP) is 2.36. The van der Waals surface area contributed by atoms with E-state index in [1.807, 2.05) is 11.4 Å². The number of rotatable bonds is 4. The maximum absolute atomic E-state index is 11.2. The molecule has 1 aromatic heterocycles. The standard InChI is InChI=1S/C14H22N2O2S/c1-3-12-10-15(2)6-4-7-16(12)9-11-5-8-19-13(11)14(17)18/h5,8,12H,3-4,6-7,9-10H2,1-2H3,(H,17,18). The third-order valence-electron chi connectivity index (χ3n) is 3.81. The molecule has 1 saturated heterocycles. The molecule has 1 aromatic rings. The zero-order valence-corrected chi connectivity index (χ0v) is 12.4. The van der Waals surface area contributed by atoms with Crippen LogP contribution in [-0.4, -0.2) is 53.6 Å². The summed E-state index contributed by atoms with van der Waals surface area (Å²) in [6.07, 6.45) is 2.26. The van der Waals surface area contributed by atoms with E-state index in [1.165, 1.54) is 11.3 Å². The van der Waals surface area contributed by atoms with E-state index in [0.717, 1.165) is 44.6 Å². The van der Waals surface area contributed by atoms with E-state index in [-0.39, 0.29) is 0 Å². The average molecular weight is 282 g/mol. The Morgan fingerprint density at radius 2 is 2.32 bits per heavy atom. The van der Waals surface area contributed by atoms with Crippen LogP contribution in [0.3, 0.4) is 0 Å². The molecule has 2 heterocycles. The predicted molar refractivity (Wildman–Crippen MR) is 77.9 cm³/mol. The summed E-state index contributed by atoms with van der Waals surface area (Å²) in [6, 6.07) is 2.48. The summed E-state index contributed by atoms with van der Waals surface area (Å²) < 4.78 is 0. The van der Waals surface area contributed by atoms with E-state index in [1.54, 1.807) is 0 Å². The van der Waals surface area contributed by atoms with Crippen LogP contribution in [0.5, 0.6) is 0 Å². The number of nitrogens with zero attached hydrogens (tertiary/aromatic N) is 2. The highest BCUT2D eigenvalue weighted by atomic mass is 32.1. The number of carboxylic acid groups (broad SMARTS) is 1. The molecule has 1 aliphatic rings. The molecule has 0 spiro atoms. The monoisotopic (exact) mass is 282 g/mol. The lowest BCUT2D eigenvalue weighted by atomic mass is 10.1. The number of thiophene rings is 1. The summed E-state index contributed by atoms with van der Waals surface area (Å²) in [6.45, 7) is 6.23. The van der Waals surface area contributed by atoms with Crippen LogP contribution in [0.15, 0.2) is 11.4 Å². The minimum Gasteiger partial charge on any atom is -0.477 e. The van der Waals surface area contributed by atoms with Gasteiger partial charge in [0, 0.05) is 25.7 Å². The van der Waals surface area contributed by atoms with Crippen molar-refractivity contribution in [2.75, 3.05) is 26.7 Å². The van der Waals surface area contributed by atoms with Crippen molar-refractivity contribution in [3.8, 4) is 0 Å². The summed E-state index contributed by atoms with van der Waals surface area (Å²) >= 11 is 1.32. The van der Waals surface area contributed by atoms with Gasteiger partial charge in [-0.1, -0.05) is 6.92 Å². The van der Waals surface area contributed by atoms with Crippen LogP contribution in [0.25, 0.3) is 0 Å². The third-order valence-corrected chi connectivity index (χ3v) is 4.75.